The van der Waals surface area contributed by atoms with Gasteiger partial charge < -0.3 is 14.5 Å². The second-order valence-corrected chi connectivity index (χ2v) is 8.99. The molecular formula is C26H30N2O3. The van der Waals surface area contributed by atoms with Crippen LogP contribution in [0.15, 0.2) is 48.5 Å². The molecule has 1 saturated heterocycles. The van der Waals surface area contributed by atoms with Crippen LogP contribution in [0.2, 0.25) is 0 Å². The number of carbonyl (C=O) groups excluding carboxylic acids is 2. The highest BCUT2D eigenvalue weighted by molar-refractivity contribution is 5.96. The molecule has 0 spiro atoms. The van der Waals surface area contributed by atoms with Crippen LogP contribution in [0.4, 0.5) is 0 Å². The zero-order valence-electron chi connectivity index (χ0n) is 18.1. The van der Waals surface area contributed by atoms with Crippen LogP contribution in [-0.4, -0.2) is 41.3 Å². The van der Waals surface area contributed by atoms with Crippen LogP contribution in [0.25, 0.3) is 0 Å². The van der Waals surface area contributed by atoms with Crippen molar-refractivity contribution in [2.24, 2.45) is 0 Å². The molecule has 2 aromatic carbocycles. The van der Waals surface area contributed by atoms with Crippen molar-refractivity contribution in [3.63, 3.8) is 0 Å². The van der Waals surface area contributed by atoms with Crippen molar-refractivity contribution < 1.29 is 14.3 Å². The fraction of sp³-hybridized carbons (Fsp3) is 0.462. The molecule has 2 fully saturated rings. The Morgan fingerprint density at radius 3 is 2.39 bits per heavy atom. The van der Waals surface area contributed by atoms with Crippen molar-refractivity contribution in [1.82, 2.24) is 9.80 Å². The number of rotatable bonds is 4. The van der Waals surface area contributed by atoms with E-state index >= 15 is 0 Å². The molecule has 2 atom stereocenters. The molecular weight excluding hydrogens is 388 g/mol. The zero-order valence-corrected chi connectivity index (χ0v) is 18.1. The molecule has 2 amide bonds. The van der Waals surface area contributed by atoms with Crippen LogP contribution in [0.5, 0.6) is 5.75 Å². The number of nitrogens with zero attached hydrogens (tertiary/aromatic N) is 2. The second kappa shape index (κ2) is 8.37. The molecule has 5 heteroatoms. The van der Waals surface area contributed by atoms with Gasteiger partial charge in [0.1, 0.15) is 18.3 Å². The summed E-state index contributed by atoms with van der Waals surface area (Å²) in [5.41, 5.74) is 3.36. The maximum Gasteiger partial charge on any atom is 0.250 e. The summed E-state index contributed by atoms with van der Waals surface area (Å²) in [5.74, 6) is 0.884. The lowest BCUT2D eigenvalue weighted by Gasteiger charge is -2.47. The number of methoxy groups -OCH3 is 1. The highest BCUT2D eigenvalue weighted by Gasteiger charge is 2.46. The number of hydrogen-bond donors (Lipinski definition) is 0. The third-order valence-corrected chi connectivity index (χ3v) is 7.26. The van der Waals surface area contributed by atoms with E-state index in [4.69, 9.17) is 4.74 Å². The van der Waals surface area contributed by atoms with Crippen LogP contribution < -0.4 is 4.74 Å². The molecule has 0 aromatic heterocycles. The molecule has 2 aromatic rings. The summed E-state index contributed by atoms with van der Waals surface area (Å²) in [7, 11) is 1.64. The van der Waals surface area contributed by atoms with Crippen LogP contribution in [0.1, 0.15) is 67.3 Å². The standard InChI is InChI=1S/C26H30N2O3/c1-31-21-15-13-19(14-16-21)25-26(30)27(20-9-3-4-10-20)17-24(29)28(25)23-12-6-8-18-7-2-5-11-22(18)23/h2,5,7,11,13-16,20,23,25H,3-4,6,8-10,12,17H2,1H3. The van der Waals surface area contributed by atoms with E-state index in [-0.39, 0.29) is 30.4 Å². The monoisotopic (exact) mass is 418 g/mol. The predicted molar refractivity (Wildman–Crippen MR) is 119 cm³/mol. The second-order valence-electron chi connectivity index (χ2n) is 8.99. The van der Waals surface area contributed by atoms with E-state index in [1.807, 2.05) is 40.1 Å². The van der Waals surface area contributed by atoms with Gasteiger partial charge in [0.25, 0.3) is 5.91 Å². The number of carbonyl (C=O) groups is 2. The van der Waals surface area contributed by atoms with E-state index in [9.17, 15) is 9.59 Å². The lowest BCUT2D eigenvalue weighted by molar-refractivity contribution is -0.161. The largest absolute Gasteiger partial charge is 0.497 e. The maximum absolute atomic E-state index is 13.9. The van der Waals surface area contributed by atoms with Gasteiger partial charge in [0.2, 0.25) is 5.91 Å². The topological polar surface area (TPSA) is 49.9 Å². The molecule has 162 valence electrons. The van der Waals surface area contributed by atoms with Crippen molar-refractivity contribution in [1.29, 1.82) is 0 Å². The van der Waals surface area contributed by atoms with Crippen LogP contribution in [-0.2, 0) is 16.0 Å². The first-order valence-corrected chi connectivity index (χ1v) is 11.5. The van der Waals surface area contributed by atoms with Gasteiger partial charge in [-0.2, -0.15) is 0 Å². The first-order chi connectivity index (χ1) is 15.2. The first kappa shape index (κ1) is 20.1. The van der Waals surface area contributed by atoms with Crippen LogP contribution in [0.3, 0.4) is 0 Å². The molecule has 5 rings (SSSR count). The summed E-state index contributed by atoms with van der Waals surface area (Å²) in [5, 5.41) is 0. The van der Waals surface area contributed by atoms with Crippen LogP contribution in [0, 0.1) is 0 Å². The Kier molecular flexibility index (Phi) is 5.43. The molecule has 3 aliphatic rings. The number of aryl methyl sites for hydroxylation is 1. The third-order valence-electron chi connectivity index (χ3n) is 7.26. The Labute approximate surface area is 184 Å². The predicted octanol–water partition coefficient (Wildman–Crippen LogP) is 4.43. The van der Waals surface area contributed by atoms with Gasteiger partial charge >= 0.3 is 0 Å². The number of ether oxygens (including phenoxy) is 1. The summed E-state index contributed by atoms with van der Waals surface area (Å²) < 4.78 is 5.32. The summed E-state index contributed by atoms with van der Waals surface area (Å²) in [4.78, 5) is 31.3. The molecule has 31 heavy (non-hydrogen) atoms. The van der Waals surface area contributed by atoms with E-state index in [0.29, 0.717) is 0 Å². The minimum absolute atomic E-state index is 0.0563. The van der Waals surface area contributed by atoms with Gasteiger partial charge in [0, 0.05) is 6.04 Å². The number of fused-ring (bicyclic) bond motifs is 1. The molecule has 2 unspecified atom stereocenters. The molecule has 1 saturated carbocycles. The zero-order chi connectivity index (χ0) is 21.4. The molecule has 0 bridgehead atoms. The van der Waals surface area contributed by atoms with Gasteiger partial charge in [-0.3, -0.25) is 9.59 Å². The fourth-order valence-electron chi connectivity index (χ4n) is 5.71. The molecule has 0 N–H and O–H groups in total. The summed E-state index contributed by atoms with van der Waals surface area (Å²) in [6.45, 7) is 0.203. The number of hydrogen-bond acceptors (Lipinski definition) is 3. The van der Waals surface area contributed by atoms with E-state index in [0.717, 1.165) is 56.3 Å². The van der Waals surface area contributed by atoms with E-state index in [1.54, 1.807) is 7.11 Å². The van der Waals surface area contributed by atoms with Crippen molar-refractivity contribution in [3.8, 4) is 5.75 Å². The van der Waals surface area contributed by atoms with Crippen molar-refractivity contribution >= 4 is 11.8 Å². The maximum atomic E-state index is 13.9. The summed E-state index contributed by atoms with van der Waals surface area (Å²) in [6, 6.07) is 15.6. The molecule has 0 radical (unpaired) electrons. The van der Waals surface area contributed by atoms with Crippen molar-refractivity contribution in [2.75, 3.05) is 13.7 Å². The molecule has 2 aliphatic carbocycles. The van der Waals surface area contributed by atoms with Crippen LogP contribution >= 0.6 is 0 Å². The van der Waals surface area contributed by atoms with Gasteiger partial charge in [0.05, 0.1) is 13.2 Å². The van der Waals surface area contributed by atoms with Gasteiger partial charge in [0.15, 0.2) is 0 Å². The molecule has 5 nitrogen and oxygen atoms in total. The lowest BCUT2D eigenvalue weighted by atomic mass is 9.84. The quantitative estimate of drug-likeness (QED) is 0.738. The average molecular weight is 419 g/mol. The van der Waals surface area contributed by atoms with Gasteiger partial charge in [-0.05, 0) is 60.9 Å². The van der Waals surface area contributed by atoms with Crippen molar-refractivity contribution in [3.05, 3.63) is 65.2 Å². The number of amides is 2. The smallest absolute Gasteiger partial charge is 0.250 e. The van der Waals surface area contributed by atoms with Crippen molar-refractivity contribution in [2.45, 2.75) is 63.1 Å². The first-order valence-electron chi connectivity index (χ1n) is 11.5. The highest BCUT2D eigenvalue weighted by Crippen LogP contribution is 2.42. The molecule has 1 aliphatic heterocycles. The van der Waals surface area contributed by atoms with Gasteiger partial charge in [-0.25, -0.2) is 0 Å². The Hall–Kier alpha value is -2.82. The SMILES string of the molecule is COc1ccc(C2C(=O)N(C3CCCC3)CC(=O)N2C2CCCc3ccccc32)cc1. The lowest BCUT2D eigenvalue weighted by Crippen LogP contribution is -2.58. The highest BCUT2D eigenvalue weighted by atomic mass is 16.5. The van der Waals surface area contributed by atoms with E-state index in [1.165, 1.54) is 11.1 Å². The number of benzene rings is 2. The van der Waals surface area contributed by atoms with Gasteiger partial charge in [-0.15, -0.1) is 0 Å². The Morgan fingerprint density at radius 2 is 1.65 bits per heavy atom. The normalized spacial score (nSPS) is 24.4. The fourth-order valence-corrected chi connectivity index (χ4v) is 5.71. The summed E-state index contributed by atoms with van der Waals surface area (Å²) in [6.07, 6.45) is 7.23. The minimum atomic E-state index is -0.580. The minimum Gasteiger partial charge on any atom is -0.497 e. The Balaban J connectivity index is 1.56. The number of piperazine rings is 1. The average Bonchev–Trinajstić information content (AvgIpc) is 3.35. The van der Waals surface area contributed by atoms with E-state index < -0.39 is 6.04 Å². The third kappa shape index (κ3) is 3.60. The van der Waals surface area contributed by atoms with Gasteiger partial charge in [-0.1, -0.05) is 49.2 Å². The Bertz CT molecular complexity index is 965. The molecule has 1 heterocycles. The van der Waals surface area contributed by atoms with E-state index in [2.05, 4.69) is 18.2 Å². The summed E-state index contributed by atoms with van der Waals surface area (Å²) >= 11 is 0. The Morgan fingerprint density at radius 1 is 0.903 bits per heavy atom.